The van der Waals surface area contributed by atoms with Gasteiger partial charge in [0.05, 0.1) is 6.07 Å². The molecule has 0 aromatic rings. The van der Waals surface area contributed by atoms with Gasteiger partial charge in [-0.25, -0.2) is 0 Å². The van der Waals surface area contributed by atoms with Crippen molar-refractivity contribution < 1.29 is 4.79 Å². The first kappa shape index (κ1) is 12.4. The molecule has 17 heavy (non-hydrogen) atoms. The summed E-state index contributed by atoms with van der Waals surface area (Å²) in [6.45, 7) is 5.90. The Balaban J connectivity index is 2.01. The molecule has 2 aliphatic rings. The number of nitrogens with zero attached hydrogens (tertiary/aromatic N) is 2. The second kappa shape index (κ2) is 4.68. The van der Waals surface area contributed by atoms with E-state index in [4.69, 9.17) is 0 Å². The zero-order chi connectivity index (χ0) is 12.5. The molecule has 3 heteroatoms. The van der Waals surface area contributed by atoms with Crippen molar-refractivity contribution in [3.8, 4) is 6.07 Å². The molecule has 0 spiro atoms. The average molecular weight is 234 g/mol. The zero-order valence-electron chi connectivity index (χ0n) is 10.9. The number of carbonyl (C=O) groups excluding carboxylic acids is 1. The van der Waals surface area contributed by atoms with E-state index in [9.17, 15) is 10.1 Å². The molecule has 3 nitrogen and oxygen atoms in total. The highest BCUT2D eigenvalue weighted by Gasteiger charge is 2.50. The van der Waals surface area contributed by atoms with Crippen LogP contribution in [0.3, 0.4) is 0 Å². The van der Waals surface area contributed by atoms with E-state index < -0.39 is 5.41 Å². The summed E-state index contributed by atoms with van der Waals surface area (Å²) in [5, 5.41) is 9.29. The Hall–Kier alpha value is -1.04. The number of hydrogen-bond donors (Lipinski definition) is 0. The number of amides is 1. The molecule has 0 N–H and O–H groups in total. The van der Waals surface area contributed by atoms with Gasteiger partial charge in [-0.05, 0) is 43.9 Å². The fourth-order valence-corrected chi connectivity index (χ4v) is 2.90. The highest BCUT2D eigenvalue weighted by Crippen LogP contribution is 2.46. The van der Waals surface area contributed by atoms with Crippen molar-refractivity contribution in [3.05, 3.63) is 0 Å². The average Bonchev–Trinajstić information content (AvgIpc) is 3.07. The fourth-order valence-electron chi connectivity index (χ4n) is 2.90. The normalized spacial score (nSPS) is 31.5. The van der Waals surface area contributed by atoms with Gasteiger partial charge in [0.15, 0.2) is 0 Å². The molecule has 94 valence electrons. The van der Waals surface area contributed by atoms with Crippen molar-refractivity contribution in [3.63, 3.8) is 0 Å². The van der Waals surface area contributed by atoms with Gasteiger partial charge in [-0.3, -0.25) is 4.79 Å². The first-order valence-corrected chi connectivity index (χ1v) is 6.82. The molecule has 2 aliphatic carbocycles. The third-order valence-electron chi connectivity index (χ3n) is 3.97. The van der Waals surface area contributed by atoms with E-state index in [2.05, 4.69) is 19.9 Å². The lowest BCUT2D eigenvalue weighted by Gasteiger charge is -2.42. The predicted molar refractivity (Wildman–Crippen MR) is 66.0 cm³/mol. The molecule has 2 rings (SSSR count). The quantitative estimate of drug-likeness (QED) is 0.734. The molecule has 2 fully saturated rings. The van der Waals surface area contributed by atoms with Crippen LogP contribution in [-0.4, -0.2) is 23.9 Å². The Bertz CT molecular complexity index is 335. The third-order valence-corrected chi connectivity index (χ3v) is 3.97. The van der Waals surface area contributed by atoms with Crippen LogP contribution in [0.25, 0.3) is 0 Å². The molecule has 0 radical (unpaired) electrons. The SMILES string of the molecule is CCCN(CC1CC1)C(=O)C1(C#N)CC(C)C1. The maximum absolute atomic E-state index is 12.5. The maximum atomic E-state index is 12.5. The Labute approximate surface area is 104 Å². The molecule has 0 aromatic carbocycles. The summed E-state index contributed by atoms with van der Waals surface area (Å²) in [4.78, 5) is 14.4. The van der Waals surface area contributed by atoms with Gasteiger partial charge < -0.3 is 4.90 Å². The van der Waals surface area contributed by atoms with Crippen LogP contribution in [-0.2, 0) is 4.79 Å². The second-order valence-corrected chi connectivity index (χ2v) is 5.90. The monoisotopic (exact) mass is 234 g/mol. The van der Waals surface area contributed by atoms with E-state index >= 15 is 0 Å². The lowest BCUT2D eigenvalue weighted by atomic mass is 9.62. The number of rotatable bonds is 5. The summed E-state index contributed by atoms with van der Waals surface area (Å²) >= 11 is 0. The topological polar surface area (TPSA) is 44.1 Å². The van der Waals surface area contributed by atoms with Crippen molar-refractivity contribution >= 4 is 5.91 Å². The molecule has 0 aromatic heterocycles. The molecule has 1 amide bonds. The van der Waals surface area contributed by atoms with Gasteiger partial charge in [-0.2, -0.15) is 5.26 Å². The highest BCUT2D eigenvalue weighted by atomic mass is 16.2. The Morgan fingerprint density at radius 2 is 2.12 bits per heavy atom. The number of hydrogen-bond acceptors (Lipinski definition) is 2. The van der Waals surface area contributed by atoms with Crippen molar-refractivity contribution in [2.24, 2.45) is 17.3 Å². The predicted octanol–water partition coefficient (Wildman–Crippen LogP) is 2.57. The number of nitriles is 1. The summed E-state index contributed by atoms with van der Waals surface area (Å²) in [6, 6.07) is 2.29. The Kier molecular flexibility index (Phi) is 3.42. The zero-order valence-corrected chi connectivity index (χ0v) is 10.9. The van der Waals surface area contributed by atoms with Gasteiger partial charge in [0.2, 0.25) is 5.91 Å². The van der Waals surface area contributed by atoms with Gasteiger partial charge in [-0.1, -0.05) is 13.8 Å². The van der Waals surface area contributed by atoms with Crippen molar-refractivity contribution in [1.29, 1.82) is 5.26 Å². The minimum absolute atomic E-state index is 0.104. The first-order valence-electron chi connectivity index (χ1n) is 6.82. The van der Waals surface area contributed by atoms with Gasteiger partial charge in [-0.15, -0.1) is 0 Å². The minimum Gasteiger partial charge on any atom is -0.341 e. The molecule has 0 saturated heterocycles. The minimum atomic E-state index is -0.677. The molecular weight excluding hydrogens is 212 g/mol. The molecule has 0 aliphatic heterocycles. The van der Waals surface area contributed by atoms with Crippen LogP contribution in [0.4, 0.5) is 0 Å². The van der Waals surface area contributed by atoms with Crippen LogP contribution < -0.4 is 0 Å². The maximum Gasteiger partial charge on any atom is 0.243 e. The number of carbonyl (C=O) groups is 1. The Morgan fingerprint density at radius 1 is 1.47 bits per heavy atom. The lowest BCUT2D eigenvalue weighted by Crippen LogP contribution is -2.50. The summed E-state index contributed by atoms with van der Waals surface area (Å²) < 4.78 is 0. The van der Waals surface area contributed by atoms with Crippen LogP contribution in [0.2, 0.25) is 0 Å². The molecule has 2 saturated carbocycles. The second-order valence-electron chi connectivity index (χ2n) is 5.90. The van der Waals surface area contributed by atoms with Gasteiger partial charge in [0, 0.05) is 13.1 Å². The van der Waals surface area contributed by atoms with Crippen LogP contribution >= 0.6 is 0 Å². The van der Waals surface area contributed by atoms with Crippen molar-refractivity contribution in [2.75, 3.05) is 13.1 Å². The smallest absolute Gasteiger partial charge is 0.243 e. The van der Waals surface area contributed by atoms with Crippen molar-refractivity contribution in [2.45, 2.75) is 46.0 Å². The summed E-state index contributed by atoms with van der Waals surface area (Å²) in [6.07, 6.45) is 5.00. The summed E-state index contributed by atoms with van der Waals surface area (Å²) in [5.41, 5.74) is -0.677. The van der Waals surface area contributed by atoms with Crippen LogP contribution in [0.5, 0.6) is 0 Å². The van der Waals surface area contributed by atoms with E-state index in [1.54, 1.807) is 0 Å². The molecule has 0 bridgehead atoms. The fraction of sp³-hybridized carbons (Fsp3) is 0.857. The van der Waals surface area contributed by atoms with Crippen LogP contribution in [0.1, 0.15) is 46.0 Å². The first-order chi connectivity index (χ1) is 8.11. The molecule has 0 heterocycles. The van der Waals surface area contributed by atoms with E-state index in [0.29, 0.717) is 11.8 Å². The Morgan fingerprint density at radius 3 is 2.53 bits per heavy atom. The molecule has 0 atom stereocenters. The molecular formula is C14H22N2O. The van der Waals surface area contributed by atoms with Crippen LogP contribution in [0, 0.1) is 28.6 Å². The summed E-state index contributed by atoms with van der Waals surface area (Å²) in [7, 11) is 0. The van der Waals surface area contributed by atoms with E-state index in [0.717, 1.165) is 32.4 Å². The van der Waals surface area contributed by atoms with E-state index in [1.807, 2.05) is 4.90 Å². The van der Waals surface area contributed by atoms with Gasteiger partial charge in [0.1, 0.15) is 5.41 Å². The highest BCUT2D eigenvalue weighted by molar-refractivity contribution is 5.86. The molecule has 0 unspecified atom stereocenters. The van der Waals surface area contributed by atoms with Crippen molar-refractivity contribution in [1.82, 2.24) is 4.90 Å². The van der Waals surface area contributed by atoms with Crippen LogP contribution in [0.15, 0.2) is 0 Å². The standard InChI is InChI=1S/C14H22N2O/c1-3-6-16(9-12-4-5-12)13(17)14(10-15)7-11(2)8-14/h11-12H,3-9H2,1-2H3. The summed E-state index contributed by atoms with van der Waals surface area (Å²) in [5.74, 6) is 1.34. The lowest BCUT2D eigenvalue weighted by molar-refractivity contribution is -0.145. The van der Waals surface area contributed by atoms with Gasteiger partial charge in [0.25, 0.3) is 0 Å². The van der Waals surface area contributed by atoms with E-state index in [-0.39, 0.29) is 5.91 Å². The largest absolute Gasteiger partial charge is 0.341 e. The van der Waals surface area contributed by atoms with E-state index in [1.165, 1.54) is 12.8 Å². The van der Waals surface area contributed by atoms with Gasteiger partial charge >= 0.3 is 0 Å². The third kappa shape index (κ3) is 2.46.